The molecule has 0 aliphatic carbocycles. The highest BCUT2D eigenvalue weighted by atomic mass is 32.1. The van der Waals surface area contributed by atoms with Crippen LogP contribution in [0.15, 0.2) is 99.5 Å². The first-order chi connectivity index (χ1) is 16.7. The number of rotatable bonds is 9. The minimum atomic E-state index is -0.358. The predicted octanol–water partition coefficient (Wildman–Crippen LogP) is 5.14. The van der Waals surface area contributed by atoms with Crippen LogP contribution >= 0.6 is 11.3 Å². The van der Waals surface area contributed by atoms with E-state index in [-0.39, 0.29) is 5.97 Å². The van der Waals surface area contributed by atoms with E-state index in [0.717, 1.165) is 33.1 Å². The summed E-state index contributed by atoms with van der Waals surface area (Å²) in [5.41, 5.74) is 3.20. The van der Waals surface area contributed by atoms with E-state index < -0.39 is 0 Å². The highest BCUT2D eigenvalue weighted by Crippen LogP contribution is 2.20. The lowest BCUT2D eigenvalue weighted by Gasteiger charge is -2.07. The zero-order valence-corrected chi connectivity index (χ0v) is 19.4. The number of carbonyl (C=O) groups is 1. The van der Waals surface area contributed by atoms with Gasteiger partial charge in [-0.15, -0.1) is 17.9 Å². The molecule has 2 heterocycles. The first-order valence-electron chi connectivity index (χ1n) is 10.5. The molecule has 4 aromatic rings. The number of carbonyl (C=O) groups excluding carboxylic acids is 1. The van der Waals surface area contributed by atoms with Crippen molar-refractivity contribution in [1.29, 1.82) is 0 Å². The number of aromatic nitrogens is 1. The van der Waals surface area contributed by atoms with Gasteiger partial charge in [0.25, 0.3) is 0 Å². The summed E-state index contributed by atoms with van der Waals surface area (Å²) in [6, 6.07) is 18.5. The Kier molecular flexibility index (Phi) is 7.52. The monoisotopic (exact) mass is 473 g/mol. The van der Waals surface area contributed by atoms with Gasteiger partial charge < -0.3 is 13.9 Å². The second kappa shape index (κ2) is 11.1. The van der Waals surface area contributed by atoms with Gasteiger partial charge in [0.15, 0.2) is 5.76 Å². The zero-order valence-electron chi connectivity index (χ0n) is 18.6. The molecule has 8 heteroatoms. The lowest BCUT2D eigenvalue weighted by molar-refractivity contribution is 0.0600. The molecule has 0 atom stereocenters. The minimum absolute atomic E-state index is 0.358. The fraction of sp³-hybridized carbons (Fsp3) is 0.115. The first-order valence-corrected chi connectivity index (χ1v) is 11.4. The van der Waals surface area contributed by atoms with Gasteiger partial charge in [0.2, 0.25) is 4.80 Å². The van der Waals surface area contributed by atoms with Crippen LogP contribution in [0.4, 0.5) is 0 Å². The van der Waals surface area contributed by atoms with Crippen molar-refractivity contribution in [2.45, 2.75) is 6.61 Å². The Hall–Kier alpha value is -4.17. The SMILES string of the molecule is C=CCN=c1scc(-c2ccco2)n1N=Cc1ccc(OCc2ccc(C(=O)OC)cc2)cc1. The molecule has 0 N–H and O–H groups in total. The number of thiazole rings is 1. The van der Waals surface area contributed by atoms with Crippen LogP contribution in [0.2, 0.25) is 0 Å². The maximum absolute atomic E-state index is 11.5. The highest BCUT2D eigenvalue weighted by Gasteiger charge is 2.09. The normalized spacial score (nSPS) is 11.6. The summed E-state index contributed by atoms with van der Waals surface area (Å²) in [4.78, 5) is 16.8. The summed E-state index contributed by atoms with van der Waals surface area (Å²) in [7, 11) is 1.36. The van der Waals surface area contributed by atoms with Crippen molar-refractivity contribution >= 4 is 23.5 Å². The number of nitrogens with zero attached hydrogens (tertiary/aromatic N) is 3. The molecule has 2 aromatic carbocycles. The summed E-state index contributed by atoms with van der Waals surface area (Å²) < 4.78 is 17.9. The second-order valence-electron chi connectivity index (χ2n) is 7.11. The molecule has 0 fully saturated rings. The molecular weight excluding hydrogens is 450 g/mol. The molecule has 0 aliphatic rings. The van der Waals surface area contributed by atoms with Crippen molar-refractivity contribution in [2.24, 2.45) is 10.1 Å². The van der Waals surface area contributed by atoms with Crippen molar-refractivity contribution in [3.8, 4) is 17.2 Å². The van der Waals surface area contributed by atoms with Crippen LogP contribution in [0.1, 0.15) is 21.5 Å². The van der Waals surface area contributed by atoms with E-state index >= 15 is 0 Å². The van der Waals surface area contributed by atoms with E-state index in [1.165, 1.54) is 18.4 Å². The Balaban J connectivity index is 1.45. The zero-order chi connectivity index (χ0) is 23.8. The summed E-state index contributed by atoms with van der Waals surface area (Å²) in [5, 5.41) is 6.60. The Morgan fingerprint density at radius 2 is 1.94 bits per heavy atom. The van der Waals surface area contributed by atoms with Crippen molar-refractivity contribution < 1.29 is 18.7 Å². The van der Waals surface area contributed by atoms with E-state index in [2.05, 4.69) is 16.7 Å². The molecule has 0 bridgehead atoms. The van der Waals surface area contributed by atoms with Gasteiger partial charge in [0.05, 0.1) is 31.7 Å². The van der Waals surface area contributed by atoms with Gasteiger partial charge in [-0.1, -0.05) is 18.2 Å². The van der Waals surface area contributed by atoms with Gasteiger partial charge in [0.1, 0.15) is 18.1 Å². The van der Waals surface area contributed by atoms with Crippen LogP contribution in [-0.2, 0) is 11.3 Å². The summed E-state index contributed by atoms with van der Waals surface area (Å²) in [6.07, 6.45) is 5.14. The van der Waals surface area contributed by atoms with Gasteiger partial charge in [0, 0.05) is 5.38 Å². The summed E-state index contributed by atoms with van der Waals surface area (Å²) in [5.74, 6) is 1.09. The minimum Gasteiger partial charge on any atom is -0.489 e. The molecule has 2 aromatic heterocycles. The van der Waals surface area contributed by atoms with E-state index in [4.69, 9.17) is 13.9 Å². The molecule has 0 aliphatic heterocycles. The third kappa shape index (κ3) is 5.60. The van der Waals surface area contributed by atoms with Gasteiger partial charge in [-0.2, -0.15) is 5.10 Å². The second-order valence-corrected chi connectivity index (χ2v) is 7.95. The maximum Gasteiger partial charge on any atom is 0.337 e. The standard InChI is InChI=1S/C26H23N3O4S/c1-3-14-27-26-29(23(18-34-26)24-5-4-15-32-24)28-16-19-8-12-22(13-9-19)33-17-20-6-10-21(11-7-20)25(30)31-2/h3-13,15-16,18H,1,14,17H2,2H3. The van der Waals surface area contributed by atoms with E-state index in [0.29, 0.717) is 18.7 Å². The van der Waals surface area contributed by atoms with Crippen LogP contribution in [-0.4, -0.2) is 30.5 Å². The van der Waals surface area contributed by atoms with Gasteiger partial charge in [-0.3, -0.25) is 4.99 Å². The third-order valence-corrected chi connectivity index (χ3v) is 5.65. The Morgan fingerprint density at radius 1 is 1.15 bits per heavy atom. The topological polar surface area (TPSA) is 78.3 Å². The Bertz CT molecular complexity index is 1330. The van der Waals surface area contributed by atoms with Crippen molar-refractivity contribution in [1.82, 2.24) is 4.68 Å². The molecule has 0 spiro atoms. The Morgan fingerprint density at radius 3 is 2.62 bits per heavy atom. The number of esters is 1. The van der Waals surface area contributed by atoms with Crippen LogP contribution in [0.25, 0.3) is 11.5 Å². The lowest BCUT2D eigenvalue weighted by atomic mass is 10.1. The summed E-state index contributed by atoms with van der Waals surface area (Å²) >= 11 is 1.49. The molecule has 4 rings (SSSR count). The average molecular weight is 474 g/mol. The summed E-state index contributed by atoms with van der Waals surface area (Å²) in [6.45, 7) is 4.62. The molecule has 7 nitrogen and oxygen atoms in total. The van der Waals surface area contributed by atoms with Crippen molar-refractivity contribution in [2.75, 3.05) is 13.7 Å². The number of hydrogen-bond acceptors (Lipinski definition) is 7. The fourth-order valence-electron chi connectivity index (χ4n) is 3.05. The lowest BCUT2D eigenvalue weighted by Crippen LogP contribution is -2.12. The van der Waals surface area contributed by atoms with Crippen LogP contribution in [0.3, 0.4) is 0 Å². The maximum atomic E-state index is 11.5. The number of benzene rings is 2. The van der Waals surface area contributed by atoms with Crippen LogP contribution < -0.4 is 9.54 Å². The predicted molar refractivity (Wildman–Crippen MR) is 132 cm³/mol. The van der Waals surface area contributed by atoms with Gasteiger partial charge >= 0.3 is 5.97 Å². The quantitative estimate of drug-likeness (QED) is 0.191. The van der Waals surface area contributed by atoms with Crippen LogP contribution in [0.5, 0.6) is 5.75 Å². The Labute approximate surface area is 200 Å². The molecule has 34 heavy (non-hydrogen) atoms. The number of ether oxygens (including phenoxy) is 2. The molecule has 172 valence electrons. The molecule has 0 saturated heterocycles. The third-order valence-electron chi connectivity index (χ3n) is 4.80. The molecule has 0 unspecified atom stereocenters. The largest absolute Gasteiger partial charge is 0.489 e. The smallest absolute Gasteiger partial charge is 0.337 e. The molecular formula is C26H23N3O4S. The average Bonchev–Trinajstić information content (AvgIpc) is 3.55. The highest BCUT2D eigenvalue weighted by molar-refractivity contribution is 7.07. The molecule has 0 amide bonds. The van der Waals surface area contributed by atoms with Gasteiger partial charge in [-0.25, -0.2) is 9.47 Å². The van der Waals surface area contributed by atoms with E-state index in [9.17, 15) is 4.79 Å². The van der Waals surface area contributed by atoms with Crippen molar-refractivity contribution in [3.05, 3.63) is 106 Å². The van der Waals surface area contributed by atoms with Crippen LogP contribution in [0, 0.1) is 0 Å². The van der Waals surface area contributed by atoms with Gasteiger partial charge in [-0.05, 0) is 59.7 Å². The van der Waals surface area contributed by atoms with E-state index in [1.807, 2.05) is 53.9 Å². The number of furan rings is 1. The molecule has 0 saturated carbocycles. The first kappa shape index (κ1) is 23.0. The number of hydrogen-bond donors (Lipinski definition) is 0. The van der Waals surface area contributed by atoms with Crippen molar-refractivity contribution in [3.63, 3.8) is 0 Å². The van der Waals surface area contributed by atoms with E-state index in [1.54, 1.807) is 35.4 Å². The number of methoxy groups -OCH3 is 1. The molecule has 0 radical (unpaired) electrons. The fourth-order valence-corrected chi connectivity index (χ4v) is 3.88.